The van der Waals surface area contributed by atoms with E-state index in [-0.39, 0.29) is 5.91 Å². The van der Waals surface area contributed by atoms with Crippen LogP contribution < -0.4 is 5.32 Å². The third-order valence-electron chi connectivity index (χ3n) is 3.48. The smallest absolute Gasteiger partial charge is 0.216 e. The molecule has 20 heavy (non-hydrogen) atoms. The van der Waals surface area contributed by atoms with E-state index in [4.69, 9.17) is 4.74 Å². The molecule has 1 N–H and O–H groups in total. The van der Waals surface area contributed by atoms with Crippen LogP contribution in [0.2, 0.25) is 0 Å². The molecule has 0 rings (SSSR count). The van der Waals surface area contributed by atoms with Gasteiger partial charge in [0.15, 0.2) is 0 Å². The van der Waals surface area contributed by atoms with Crippen molar-refractivity contribution in [3.63, 3.8) is 0 Å². The predicted octanol–water partition coefficient (Wildman–Crippen LogP) is 4.45. The van der Waals surface area contributed by atoms with Crippen LogP contribution in [0.15, 0.2) is 0 Å². The Hall–Kier alpha value is -0.570. The van der Waals surface area contributed by atoms with Gasteiger partial charge >= 0.3 is 0 Å². The Kier molecular flexibility index (Phi) is 16.0. The molecule has 0 saturated heterocycles. The zero-order valence-electron chi connectivity index (χ0n) is 13.7. The lowest BCUT2D eigenvalue weighted by atomic mass is 10.1. The fraction of sp³-hybridized carbons (Fsp3) is 0.941. The van der Waals surface area contributed by atoms with Crippen molar-refractivity contribution in [3.8, 4) is 0 Å². The van der Waals surface area contributed by atoms with Crippen molar-refractivity contribution in [1.29, 1.82) is 0 Å². The Labute approximate surface area is 125 Å². The second-order valence-corrected chi connectivity index (χ2v) is 5.63. The Balaban J connectivity index is 2.94. The average Bonchev–Trinajstić information content (AvgIpc) is 2.43. The van der Waals surface area contributed by atoms with E-state index in [0.29, 0.717) is 0 Å². The van der Waals surface area contributed by atoms with Crippen molar-refractivity contribution in [2.24, 2.45) is 0 Å². The summed E-state index contributed by atoms with van der Waals surface area (Å²) in [6.45, 7) is 6.17. The fourth-order valence-electron chi connectivity index (χ4n) is 2.23. The standard InChI is InChI=1S/C17H35NO2/c1-3-4-5-6-7-8-9-10-11-12-15-20-16-13-14-18-17(2)19/h3-16H2,1-2H3,(H,18,19). The lowest BCUT2D eigenvalue weighted by Crippen LogP contribution is -2.21. The first kappa shape index (κ1) is 19.4. The summed E-state index contributed by atoms with van der Waals surface area (Å²) in [6, 6.07) is 0. The van der Waals surface area contributed by atoms with Gasteiger partial charge in [-0.1, -0.05) is 64.7 Å². The number of carbonyl (C=O) groups is 1. The van der Waals surface area contributed by atoms with Gasteiger partial charge in [-0.2, -0.15) is 0 Å². The van der Waals surface area contributed by atoms with Crippen LogP contribution in [-0.4, -0.2) is 25.7 Å². The summed E-state index contributed by atoms with van der Waals surface area (Å²) in [5, 5.41) is 2.77. The number of carbonyl (C=O) groups excluding carboxylic acids is 1. The Bertz CT molecular complexity index is 207. The monoisotopic (exact) mass is 285 g/mol. The molecular formula is C17H35NO2. The zero-order valence-corrected chi connectivity index (χ0v) is 13.7. The molecule has 0 aromatic rings. The third-order valence-corrected chi connectivity index (χ3v) is 3.48. The summed E-state index contributed by atoms with van der Waals surface area (Å²) in [5.74, 6) is 0.0414. The molecule has 120 valence electrons. The van der Waals surface area contributed by atoms with Crippen molar-refractivity contribution >= 4 is 5.91 Å². The topological polar surface area (TPSA) is 38.3 Å². The van der Waals surface area contributed by atoms with Gasteiger partial charge in [0.25, 0.3) is 0 Å². The van der Waals surface area contributed by atoms with E-state index >= 15 is 0 Å². The molecule has 0 spiro atoms. The highest BCUT2D eigenvalue weighted by atomic mass is 16.5. The van der Waals surface area contributed by atoms with E-state index in [1.165, 1.54) is 64.2 Å². The number of hydrogen-bond acceptors (Lipinski definition) is 2. The molecule has 0 radical (unpaired) electrons. The molecule has 0 unspecified atom stereocenters. The number of ether oxygens (including phenoxy) is 1. The lowest BCUT2D eigenvalue weighted by molar-refractivity contribution is -0.119. The van der Waals surface area contributed by atoms with Gasteiger partial charge in [0.2, 0.25) is 5.91 Å². The van der Waals surface area contributed by atoms with E-state index in [1.807, 2.05) is 0 Å². The first-order chi connectivity index (χ1) is 9.77. The van der Waals surface area contributed by atoms with E-state index in [2.05, 4.69) is 12.2 Å². The first-order valence-corrected chi connectivity index (χ1v) is 8.59. The Morgan fingerprint density at radius 3 is 1.85 bits per heavy atom. The maximum absolute atomic E-state index is 10.6. The molecular weight excluding hydrogens is 250 g/mol. The third kappa shape index (κ3) is 17.4. The van der Waals surface area contributed by atoms with Crippen LogP contribution >= 0.6 is 0 Å². The van der Waals surface area contributed by atoms with Crippen molar-refractivity contribution < 1.29 is 9.53 Å². The number of amides is 1. The molecule has 0 fully saturated rings. The highest BCUT2D eigenvalue weighted by Crippen LogP contribution is 2.10. The van der Waals surface area contributed by atoms with Gasteiger partial charge in [-0.25, -0.2) is 0 Å². The Morgan fingerprint density at radius 1 is 0.800 bits per heavy atom. The summed E-state index contributed by atoms with van der Waals surface area (Å²) >= 11 is 0. The number of nitrogens with one attached hydrogen (secondary N) is 1. The second-order valence-electron chi connectivity index (χ2n) is 5.63. The van der Waals surface area contributed by atoms with E-state index in [0.717, 1.165) is 26.2 Å². The van der Waals surface area contributed by atoms with Crippen LogP contribution in [-0.2, 0) is 9.53 Å². The van der Waals surface area contributed by atoms with Gasteiger partial charge in [-0.3, -0.25) is 4.79 Å². The van der Waals surface area contributed by atoms with Crippen LogP contribution in [0.3, 0.4) is 0 Å². The van der Waals surface area contributed by atoms with Crippen molar-refractivity contribution in [2.75, 3.05) is 19.8 Å². The Morgan fingerprint density at radius 2 is 1.30 bits per heavy atom. The molecule has 0 aromatic carbocycles. The molecule has 0 saturated carbocycles. The van der Waals surface area contributed by atoms with Gasteiger partial charge in [0.05, 0.1) is 0 Å². The van der Waals surface area contributed by atoms with Gasteiger partial charge < -0.3 is 10.1 Å². The van der Waals surface area contributed by atoms with Gasteiger partial charge in [0.1, 0.15) is 0 Å². The van der Waals surface area contributed by atoms with Crippen LogP contribution in [0.5, 0.6) is 0 Å². The van der Waals surface area contributed by atoms with Gasteiger partial charge in [0, 0.05) is 26.7 Å². The first-order valence-electron chi connectivity index (χ1n) is 8.59. The maximum atomic E-state index is 10.6. The van der Waals surface area contributed by atoms with Crippen molar-refractivity contribution in [1.82, 2.24) is 5.32 Å². The second kappa shape index (κ2) is 16.5. The van der Waals surface area contributed by atoms with Crippen LogP contribution in [0.25, 0.3) is 0 Å². The van der Waals surface area contributed by atoms with E-state index in [9.17, 15) is 4.79 Å². The molecule has 3 nitrogen and oxygen atoms in total. The quantitative estimate of drug-likeness (QED) is 0.451. The summed E-state index contributed by atoms with van der Waals surface area (Å²) in [5.41, 5.74) is 0. The highest BCUT2D eigenvalue weighted by molar-refractivity contribution is 5.72. The van der Waals surface area contributed by atoms with E-state index in [1.54, 1.807) is 6.92 Å². The van der Waals surface area contributed by atoms with Crippen molar-refractivity contribution in [3.05, 3.63) is 0 Å². The minimum absolute atomic E-state index is 0.0414. The lowest BCUT2D eigenvalue weighted by Gasteiger charge is -2.05. The zero-order chi connectivity index (χ0) is 14.9. The maximum Gasteiger partial charge on any atom is 0.216 e. The number of unbranched alkanes of at least 4 members (excludes halogenated alkanes) is 9. The fourth-order valence-corrected chi connectivity index (χ4v) is 2.23. The molecule has 0 aliphatic carbocycles. The minimum atomic E-state index is 0.0414. The molecule has 0 heterocycles. The summed E-state index contributed by atoms with van der Waals surface area (Å²) < 4.78 is 5.54. The van der Waals surface area contributed by atoms with Gasteiger partial charge in [-0.05, 0) is 12.8 Å². The highest BCUT2D eigenvalue weighted by Gasteiger charge is 1.94. The van der Waals surface area contributed by atoms with Crippen molar-refractivity contribution in [2.45, 2.75) is 84.5 Å². The van der Waals surface area contributed by atoms with Gasteiger partial charge in [-0.15, -0.1) is 0 Å². The molecule has 0 atom stereocenters. The van der Waals surface area contributed by atoms with E-state index < -0.39 is 0 Å². The molecule has 3 heteroatoms. The summed E-state index contributed by atoms with van der Waals surface area (Å²) in [4.78, 5) is 10.6. The molecule has 0 aliphatic heterocycles. The SMILES string of the molecule is CCCCCCCCCCCCOCCCNC(C)=O. The molecule has 0 aliphatic rings. The minimum Gasteiger partial charge on any atom is -0.381 e. The van der Waals surface area contributed by atoms with Crippen LogP contribution in [0.1, 0.15) is 84.5 Å². The molecule has 0 aromatic heterocycles. The van der Waals surface area contributed by atoms with Crippen LogP contribution in [0, 0.1) is 0 Å². The number of rotatable bonds is 15. The molecule has 1 amide bonds. The average molecular weight is 285 g/mol. The summed E-state index contributed by atoms with van der Waals surface area (Å²) in [7, 11) is 0. The number of hydrogen-bond donors (Lipinski definition) is 1. The summed E-state index contributed by atoms with van der Waals surface area (Å²) in [6.07, 6.45) is 14.5. The largest absolute Gasteiger partial charge is 0.381 e. The normalized spacial score (nSPS) is 10.7. The predicted molar refractivity (Wildman–Crippen MR) is 86.0 cm³/mol. The molecule has 0 bridgehead atoms. The van der Waals surface area contributed by atoms with Crippen LogP contribution in [0.4, 0.5) is 0 Å².